The first kappa shape index (κ1) is 18.5. The van der Waals surface area contributed by atoms with Gasteiger partial charge in [-0.2, -0.15) is 13.2 Å². The molecular weight excluding hydrogens is 313 g/mol. The van der Waals surface area contributed by atoms with Crippen molar-refractivity contribution in [1.82, 2.24) is 0 Å². The molecule has 1 unspecified atom stereocenters. The summed E-state index contributed by atoms with van der Waals surface area (Å²) in [6.45, 7) is 6.22. The molecule has 24 heavy (non-hydrogen) atoms. The Hall–Kier alpha value is -1.88. The molecule has 2 N–H and O–H groups in total. The molecule has 0 aromatic heterocycles. The SMILES string of the molecule is C=C(N=C1CC(C(F)(F)F)CCC/C1=C/C)c1ccc(CN)cc1. The van der Waals surface area contributed by atoms with Crippen molar-refractivity contribution < 1.29 is 13.2 Å². The lowest BCUT2D eigenvalue weighted by Gasteiger charge is -2.18. The molecule has 0 spiro atoms. The maximum absolute atomic E-state index is 13.2. The van der Waals surface area contributed by atoms with Gasteiger partial charge in [-0.25, -0.2) is 0 Å². The highest BCUT2D eigenvalue weighted by atomic mass is 19.4. The largest absolute Gasteiger partial charge is 0.392 e. The second kappa shape index (κ2) is 7.79. The lowest BCUT2D eigenvalue weighted by molar-refractivity contribution is -0.174. The normalized spacial score (nSPS) is 22.6. The van der Waals surface area contributed by atoms with E-state index in [1.807, 2.05) is 37.3 Å². The highest BCUT2D eigenvalue weighted by molar-refractivity contribution is 6.03. The van der Waals surface area contributed by atoms with Crippen molar-refractivity contribution in [3.05, 3.63) is 53.6 Å². The van der Waals surface area contributed by atoms with Gasteiger partial charge in [-0.05, 0) is 42.9 Å². The first-order valence-corrected chi connectivity index (χ1v) is 8.13. The van der Waals surface area contributed by atoms with Gasteiger partial charge < -0.3 is 5.73 Å². The predicted octanol–water partition coefficient (Wildman–Crippen LogP) is 5.26. The molecule has 1 fully saturated rings. The minimum atomic E-state index is -4.19. The van der Waals surface area contributed by atoms with E-state index in [9.17, 15) is 13.2 Å². The molecule has 0 heterocycles. The summed E-state index contributed by atoms with van der Waals surface area (Å²) >= 11 is 0. The maximum atomic E-state index is 13.2. The number of aliphatic imine (C=N–C) groups is 1. The van der Waals surface area contributed by atoms with Crippen LogP contribution in [0.3, 0.4) is 0 Å². The van der Waals surface area contributed by atoms with Crippen LogP contribution in [-0.4, -0.2) is 11.9 Å². The maximum Gasteiger partial charge on any atom is 0.392 e. The Morgan fingerprint density at radius 3 is 2.54 bits per heavy atom. The molecule has 1 aromatic rings. The molecule has 1 aliphatic carbocycles. The number of hydrogen-bond acceptors (Lipinski definition) is 2. The third-order valence-corrected chi connectivity index (χ3v) is 4.41. The zero-order valence-corrected chi connectivity index (χ0v) is 13.9. The number of nitrogens with two attached hydrogens (primary N) is 1. The Labute approximate surface area is 141 Å². The third kappa shape index (κ3) is 4.57. The zero-order chi connectivity index (χ0) is 17.7. The zero-order valence-electron chi connectivity index (χ0n) is 13.9. The number of hydrogen-bond donors (Lipinski definition) is 1. The number of allylic oxidation sites excluding steroid dienone is 2. The van der Waals surface area contributed by atoms with Gasteiger partial charge >= 0.3 is 6.18 Å². The summed E-state index contributed by atoms with van der Waals surface area (Å²) in [4.78, 5) is 4.46. The number of halogens is 3. The number of rotatable bonds is 3. The van der Waals surface area contributed by atoms with Gasteiger partial charge in [0.15, 0.2) is 0 Å². The molecule has 1 atom stereocenters. The molecule has 0 saturated heterocycles. The van der Waals surface area contributed by atoms with Gasteiger partial charge in [-0.1, -0.05) is 36.9 Å². The van der Waals surface area contributed by atoms with E-state index >= 15 is 0 Å². The minimum Gasteiger partial charge on any atom is -0.326 e. The van der Waals surface area contributed by atoms with Crippen LogP contribution in [0.25, 0.3) is 5.70 Å². The van der Waals surface area contributed by atoms with E-state index in [2.05, 4.69) is 11.6 Å². The van der Waals surface area contributed by atoms with Crippen LogP contribution in [0.1, 0.15) is 43.7 Å². The van der Waals surface area contributed by atoms with Crippen LogP contribution in [0.2, 0.25) is 0 Å². The summed E-state index contributed by atoms with van der Waals surface area (Å²) in [5.41, 5.74) is 9.23. The fraction of sp³-hybridized carbons (Fsp3) is 0.421. The van der Waals surface area contributed by atoms with Crippen LogP contribution in [0, 0.1) is 5.92 Å². The molecule has 1 aromatic carbocycles. The van der Waals surface area contributed by atoms with Crippen molar-refractivity contribution in [3.63, 3.8) is 0 Å². The van der Waals surface area contributed by atoms with E-state index in [1.54, 1.807) is 0 Å². The van der Waals surface area contributed by atoms with Crippen LogP contribution in [-0.2, 0) is 6.54 Å². The van der Waals surface area contributed by atoms with E-state index in [-0.39, 0.29) is 12.8 Å². The second-order valence-corrected chi connectivity index (χ2v) is 6.06. The van der Waals surface area contributed by atoms with Crippen molar-refractivity contribution in [1.29, 1.82) is 0 Å². The Morgan fingerprint density at radius 2 is 2.00 bits per heavy atom. The van der Waals surface area contributed by atoms with Crippen LogP contribution in [0.15, 0.2) is 47.5 Å². The minimum absolute atomic E-state index is 0.0803. The molecule has 0 bridgehead atoms. The van der Waals surface area contributed by atoms with E-state index < -0.39 is 12.1 Å². The average molecular weight is 336 g/mol. The first-order valence-electron chi connectivity index (χ1n) is 8.13. The monoisotopic (exact) mass is 336 g/mol. The molecule has 2 rings (SSSR count). The quantitative estimate of drug-likeness (QED) is 0.752. The molecule has 5 heteroatoms. The Balaban J connectivity index is 2.29. The van der Waals surface area contributed by atoms with E-state index in [0.29, 0.717) is 30.8 Å². The second-order valence-electron chi connectivity index (χ2n) is 6.06. The van der Waals surface area contributed by atoms with Gasteiger partial charge in [-0.15, -0.1) is 0 Å². The van der Waals surface area contributed by atoms with Crippen LogP contribution < -0.4 is 5.73 Å². The summed E-state index contributed by atoms with van der Waals surface area (Å²) in [7, 11) is 0. The Bertz CT molecular complexity index is 640. The van der Waals surface area contributed by atoms with Gasteiger partial charge in [0.25, 0.3) is 0 Å². The number of nitrogens with zero attached hydrogens (tertiary/aromatic N) is 1. The van der Waals surface area contributed by atoms with Gasteiger partial charge in [0.05, 0.1) is 11.6 Å². The van der Waals surface area contributed by atoms with Crippen LogP contribution >= 0.6 is 0 Å². The average Bonchev–Trinajstić information content (AvgIpc) is 2.76. The standard InChI is InChI=1S/C19H23F3N2/c1-3-15-5-4-6-17(19(20,21)22)11-18(15)24-13(2)16-9-7-14(12-23)8-10-16/h3,7-10,17H,2,4-6,11-12,23H2,1H3/b15-3-,24-18?. The van der Waals surface area contributed by atoms with Crippen molar-refractivity contribution in [2.45, 2.75) is 45.3 Å². The van der Waals surface area contributed by atoms with Gasteiger partial charge in [0.2, 0.25) is 0 Å². The topological polar surface area (TPSA) is 38.4 Å². The van der Waals surface area contributed by atoms with E-state index in [1.165, 1.54) is 0 Å². The van der Waals surface area contributed by atoms with Gasteiger partial charge in [-0.3, -0.25) is 4.99 Å². The summed E-state index contributed by atoms with van der Waals surface area (Å²) in [5, 5.41) is 0. The molecule has 0 aliphatic heterocycles. The number of benzene rings is 1. The highest BCUT2D eigenvalue weighted by Crippen LogP contribution is 2.37. The third-order valence-electron chi connectivity index (χ3n) is 4.41. The lowest BCUT2D eigenvalue weighted by Crippen LogP contribution is -2.24. The molecule has 130 valence electrons. The van der Waals surface area contributed by atoms with Gasteiger partial charge in [0.1, 0.15) is 0 Å². The molecule has 1 aliphatic rings. The lowest BCUT2D eigenvalue weighted by atomic mass is 9.98. The van der Waals surface area contributed by atoms with Crippen molar-refractivity contribution >= 4 is 11.4 Å². The Morgan fingerprint density at radius 1 is 1.33 bits per heavy atom. The predicted molar refractivity (Wildman–Crippen MR) is 92.6 cm³/mol. The van der Waals surface area contributed by atoms with Crippen molar-refractivity contribution in [2.75, 3.05) is 0 Å². The van der Waals surface area contributed by atoms with Crippen molar-refractivity contribution in [2.24, 2.45) is 16.6 Å². The van der Waals surface area contributed by atoms with Crippen molar-refractivity contribution in [3.8, 4) is 0 Å². The summed E-state index contributed by atoms with van der Waals surface area (Å²) in [6.07, 6.45) is -1.10. The fourth-order valence-corrected chi connectivity index (χ4v) is 2.92. The molecule has 2 nitrogen and oxygen atoms in total. The van der Waals surface area contributed by atoms with E-state index in [4.69, 9.17) is 5.73 Å². The molecule has 0 radical (unpaired) electrons. The smallest absolute Gasteiger partial charge is 0.326 e. The fourth-order valence-electron chi connectivity index (χ4n) is 2.92. The summed E-state index contributed by atoms with van der Waals surface area (Å²) in [5.74, 6) is -1.33. The van der Waals surface area contributed by atoms with Crippen LogP contribution in [0.5, 0.6) is 0 Å². The van der Waals surface area contributed by atoms with Crippen LogP contribution in [0.4, 0.5) is 13.2 Å². The Kier molecular flexibility index (Phi) is 5.99. The summed E-state index contributed by atoms with van der Waals surface area (Å²) < 4.78 is 39.5. The van der Waals surface area contributed by atoms with E-state index in [0.717, 1.165) is 16.7 Å². The molecule has 0 amide bonds. The molecular formula is C19H23F3N2. The summed E-state index contributed by atoms with van der Waals surface area (Å²) in [6, 6.07) is 7.45. The molecule has 1 saturated carbocycles. The van der Waals surface area contributed by atoms with Gasteiger partial charge in [0, 0.05) is 18.7 Å². The highest BCUT2D eigenvalue weighted by Gasteiger charge is 2.41. The first-order chi connectivity index (χ1) is 11.3. The number of alkyl halides is 3.